The summed E-state index contributed by atoms with van der Waals surface area (Å²) in [6.07, 6.45) is -0.370. The Morgan fingerprint density at radius 2 is 1.76 bits per heavy atom. The molecule has 1 aliphatic heterocycles. The Kier molecular flexibility index (Phi) is 4.88. The number of carboxylic acid groups (broad SMARTS) is 1. The molecule has 0 radical (unpaired) electrons. The first kappa shape index (κ1) is 17.7. The normalized spacial score (nSPS) is 19.3. The van der Waals surface area contributed by atoms with Crippen molar-refractivity contribution < 1.29 is 40.5 Å². The van der Waals surface area contributed by atoms with E-state index in [-0.39, 0.29) is 31.8 Å². The maximum absolute atomic E-state index is 12.2. The second kappa shape index (κ2) is 5.79. The maximum atomic E-state index is 12.2. The molecule has 0 aromatic heterocycles. The quantitative estimate of drug-likeness (QED) is 0.596. The van der Waals surface area contributed by atoms with Crippen molar-refractivity contribution in [3.63, 3.8) is 0 Å². The van der Waals surface area contributed by atoms with Crippen molar-refractivity contribution >= 4 is 22.0 Å². The average Bonchev–Trinajstić information content (AvgIpc) is 2.35. The summed E-state index contributed by atoms with van der Waals surface area (Å²) < 4.78 is 62.0. The van der Waals surface area contributed by atoms with E-state index in [0.29, 0.717) is 0 Å². The monoisotopic (exact) mass is 333 g/mol. The Hall–Kier alpha value is -1.36. The van der Waals surface area contributed by atoms with Gasteiger partial charge in [-0.15, -0.1) is 0 Å². The van der Waals surface area contributed by atoms with E-state index in [9.17, 15) is 31.2 Å². The first-order chi connectivity index (χ1) is 9.41. The van der Waals surface area contributed by atoms with Gasteiger partial charge in [-0.05, 0) is 12.8 Å². The molecule has 0 aromatic rings. The molecule has 0 aromatic carbocycles. The molecule has 1 aliphatic rings. The van der Waals surface area contributed by atoms with Gasteiger partial charge in [-0.3, -0.25) is 13.8 Å². The Balaban J connectivity index is 2.82. The molecule has 21 heavy (non-hydrogen) atoms. The Bertz CT molecular complexity index is 521. The summed E-state index contributed by atoms with van der Waals surface area (Å²) in [6.45, 7) is 0.183. The largest absolute Gasteiger partial charge is 0.523 e. The molecule has 1 N–H and O–H groups in total. The maximum Gasteiger partial charge on any atom is 0.523 e. The molecule has 0 unspecified atom stereocenters. The topological polar surface area (TPSA) is 101 Å². The molecule has 7 nitrogen and oxygen atoms in total. The number of hydrogen-bond acceptors (Lipinski definition) is 5. The molecule has 1 heterocycles. The lowest BCUT2D eigenvalue weighted by molar-refractivity contribution is -0.156. The summed E-state index contributed by atoms with van der Waals surface area (Å²) in [4.78, 5) is 23.7. The summed E-state index contributed by atoms with van der Waals surface area (Å²) in [5.41, 5.74) is -7.36. The van der Waals surface area contributed by atoms with Gasteiger partial charge in [0.2, 0.25) is 5.91 Å². The zero-order valence-corrected chi connectivity index (χ0v) is 11.8. The van der Waals surface area contributed by atoms with Crippen molar-refractivity contribution in [1.82, 2.24) is 4.90 Å². The lowest BCUT2D eigenvalue weighted by Gasteiger charge is -2.37. The van der Waals surface area contributed by atoms with Gasteiger partial charge in [0.05, 0.1) is 12.0 Å². The fraction of sp³-hybridized carbons (Fsp3) is 0.800. The standard InChI is InChI=1S/C10H14F3NO6S/c1-7(15)14-4-2-9(3-5-14,8(16)17)6-20-21(18,19)10(11,12)13/h2-6H2,1H3,(H,16,17). The molecule has 1 fully saturated rings. The highest BCUT2D eigenvalue weighted by Gasteiger charge is 2.50. The van der Waals surface area contributed by atoms with Crippen LogP contribution in [0.25, 0.3) is 0 Å². The van der Waals surface area contributed by atoms with Gasteiger partial charge >= 0.3 is 21.6 Å². The van der Waals surface area contributed by atoms with Crippen molar-refractivity contribution in [2.45, 2.75) is 25.3 Å². The molecule has 122 valence electrons. The SMILES string of the molecule is CC(=O)N1CCC(COS(=O)(=O)C(F)(F)F)(C(=O)O)CC1. The lowest BCUT2D eigenvalue weighted by atomic mass is 9.79. The molecule has 0 bridgehead atoms. The Morgan fingerprint density at radius 3 is 2.10 bits per heavy atom. The summed E-state index contributed by atoms with van der Waals surface area (Å²) >= 11 is 0. The summed E-state index contributed by atoms with van der Waals surface area (Å²) in [5.74, 6) is -1.75. The van der Waals surface area contributed by atoms with Crippen LogP contribution in [0.2, 0.25) is 0 Å². The molecule has 11 heteroatoms. The zero-order chi connectivity index (χ0) is 16.5. The van der Waals surface area contributed by atoms with Crippen LogP contribution in [0.4, 0.5) is 13.2 Å². The smallest absolute Gasteiger partial charge is 0.481 e. The number of hydrogen-bond donors (Lipinski definition) is 1. The van der Waals surface area contributed by atoms with Crippen molar-refractivity contribution in [1.29, 1.82) is 0 Å². The van der Waals surface area contributed by atoms with Crippen LogP contribution < -0.4 is 0 Å². The number of halogens is 3. The molecule has 1 amide bonds. The van der Waals surface area contributed by atoms with E-state index in [1.165, 1.54) is 11.8 Å². The summed E-state index contributed by atoms with van der Waals surface area (Å²) in [5, 5.41) is 9.15. The van der Waals surface area contributed by atoms with Crippen molar-refractivity contribution in [3.8, 4) is 0 Å². The van der Waals surface area contributed by atoms with Crippen molar-refractivity contribution in [2.24, 2.45) is 5.41 Å². The van der Waals surface area contributed by atoms with E-state index < -0.39 is 33.6 Å². The number of likely N-dealkylation sites (tertiary alicyclic amines) is 1. The Labute approximate surface area is 118 Å². The van der Waals surface area contributed by atoms with Crippen molar-refractivity contribution in [2.75, 3.05) is 19.7 Å². The third-order valence-electron chi connectivity index (χ3n) is 3.39. The molecular formula is C10H14F3NO6S. The number of amides is 1. The van der Waals surface area contributed by atoms with Crippen LogP contribution in [-0.4, -0.2) is 55.5 Å². The lowest BCUT2D eigenvalue weighted by Crippen LogP contribution is -2.49. The van der Waals surface area contributed by atoms with E-state index in [2.05, 4.69) is 4.18 Å². The first-order valence-corrected chi connectivity index (χ1v) is 7.27. The minimum Gasteiger partial charge on any atom is -0.481 e. The van der Waals surface area contributed by atoms with E-state index >= 15 is 0 Å². The van der Waals surface area contributed by atoms with E-state index in [0.717, 1.165) is 0 Å². The highest BCUT2D eigenvalue weighted by molar-refractivity contribution is 7.87. The van der Waals surface area contributed by atoms with Crippen LogP contribution in [0, 0.1) is 5.41 Å². The second-order valence-electron chi connectivity index (χ2n) is 4.75. The Morgan fingerprint density at radius 1 is 1.29 bits per heavy atom. The third-order valence-corrected chi connectivity index (χ3v) is 4.39. The molecule has 0 spiro atoms. The van der Waals surface area contributed by atoms with Crippen molar-refractivity contribution in [3.05, 3.63) is 0 Å². The predicted molar refractivity (Wildman–Crippen MR) is 62.5 cm³/mol. The molecule has 1 saturated heterocycles. The zero-order valence-electron chi connectivity index (χ0n) is 11.0. The molecular weight excluding hydrogens is 319 g/mol. The minimum atomic E-state index is -5.84. The van der Waals surface area contributed by atoms with Crippen LogP contribution in [0.15, 0.2) is 0 Å². The van der Waals surface area contributed by atoms with E-state index in [1.54, 1.807) is 0 Å². The van der Waals surface area contributed by atoms with Crippen LogP contribution >= 0.6 is 0 Å². The molecule has 0 aliphatic carbocycles. The van der Waals surface area contributed by atoms with E-state index in [1.807, 2.05) is 0 Å². The van der Waals surface area contributed by atoms with Gasteiger partial charge < -0.3 is 10.0 Å². The van der Waals surface area contributed by atoms with Gasteiger partial charge in [-0.25, -0.2) is 0 Å². The molecule has 1 rings (SSSR count). The number of rotatable bonds is 4. The highest BCUT2D eigenvalue weighted by Crippen LogP contribution is 2.34. The predicted octanol–water partition coefficient (Wildman–Crippen LogP) is 0.566. The fourth-order valence-corrected chi connectivity index (χ4v) is 2.44. The summed E-state index contributed by atoms with van der Waals surface area (Å²) in [7, 11) is -5.84. The number of nitrogens with zero attached hydrogens (tertiary/aromatic N) is 1. The van der Waals surface area contributed by atoms with Crippen LogP contribution in [0.3, 0.4) is 0 Å². The van der Waals surface area contributed by atoms with Gasteiger partial charge in [-0.2, -0.15) is 21.6 Å². The second-order valence-corrected chi connectivity index (χ2v) is 6.36. The number of carbonyl (C=O) groups is 2. The van der Waals surface area contributed by atoms with Gasteiger partial charge in [0.15, 0.2) is 0 Å². The van der Waals surface area contributed by atoms with Crippen LogP contribution in [0.5, 0.6) is 0 Å². The molecule has 0 saturated carbocycles. The van der Waals surface area contributed by atoms with Gasteiger partial charge in [0.1, 0.15) is 0 Å². The number of carbonyl (C=O) groups excluding carboxylic acids is 1. The average molecular weight is 333 g/mol. The van der Waals surface area contributed by atoms with Crippen LogP contribution in [-0.2, 0) is 23.9 Å². The van der Waals surface area contributed by atoms with Gasteiger partial charge in [0, 0.05) is 20.0 Å². The summed E-state index contributed by atoms with van der Waals surface area (Å²) in [6, 6.07) is 0. The molecule has 0 atom stereocenters. The number of aliphatic carboxylic acids is 1. The first-order valence-electron chi connectivity index (χ1n) is 5.86. The van der Waals surface area contributed by atoms with E-state index in [4.69, 9.17) is 5.11 Å². The number of piperidine rings is 1. The number of alkyl halides is 3. The fourth-order valence-electron chi connectivity index (χ4n) is 1.93. The highest BCUT2D eigenvalue weighted by atomic mass is 32.2. The minimum absolute atomic E-state index is 0.0110. The van der Waals surface area contributed by atoms with Crippen LogP contribution in [0.1, 0.15) is 19.8 Å². The van der Waals surface area contributed by atoms with Gasteiger partial charge in [0.25, 0.3) is 0 Å². The number of carboxylic acids is 1. The van der Waals surface area contributed by atoms with Gasteiger partial charge in [-0.1, -0.05) is 0 Å². The third kappa shape index (κ3) is 3.84.